The fraction of sp³-hybridized carbons (Fsp3) is 0.917. The third-order valence-electron chi connectivity index (χ3n) is 9.98. The van der Waals surface area contributed by atoms with Gasteiger partial charge in [-0.3, -0.25) is 9.59 Å². The fourth-order valence-electron chi connectivity index (χ4n) is 8.63. The number of likely N-dealkylation sites (tertiary alicyclic amines) is 1. The van der Waals surface area contributed by atoms with E-state index in [0.29, 0.717) is 53.9 Å². The third-order valence-corrected chi connectivity index (χ3v) is 9.98. The minimum Gasteiger partial charge on any atom is -0.349 e. The van der Waals surface area contributed by atoms with Gasteiger partial charge in [0, 0.05) is 39.5 Å². The molecule has 4 rings (SSSR count). The lowest BCUT2D eigenvalue weighted by Crippen LogP contribution is -2.63. The first-order valence-corrected chi connectivity index (χ1v) is 11.5. The Labute approximate surface area is 171 Å². The van der Waals surface area contributed by atoms with Gasteiger partial charge in [-0.25, -0.2) is 0 Å². The Kier molecular flexibility index (Phi) is 4.67. The van der Waals surface area contributed by atoms with Crippen molar-refractivity contribution >= 4 is 11.8 Å². The average molecular weight is 389 g/mol. The van der Waals surface area contributed by atoms with Gasteiger partial charge < -0.3 is 9.80 Å². The number of fused-ring (bicyclic) bond motifs is 5. The Hall–Kier alpha value is -1.06. The Bertz CT molecular complexity index is 676. The molecule has 3 saturated carbocycles. The normalized spacial score (nSPS) is 50.6. The molecular formula is C24H40N2O2. The third kappa shape index (κ3) is 2.55. The molecule has 0 spiro atoms. The summed E-state index contributed by atoms with van der Waals surface area (Å²) in [5, 5.41) is 0. The molecule has 4 fully saturated rings. The van der Waals surface area contributed by atoms with Crippen LogP contribution in [-0.2, 0) is 9.59 Å². The van der Waals surface area contributed by atoms with Crippen LogP contribution in [0.15, 0.2) is 0 Å². The largest absolute Gasteiger partial charge is 0.349 e. The van der Waals surface area contributed by atoms with Crippen LogP contribution in [0.25, 0.3) is 0 Å². The summed E-state index contributed by atoms with van der Waals surface area (Å²) in [5.41, 5.74) is 0.379. The summed E-state index contributed by atoms with van der Waals surface area (Å²) in [6.45, 7) is 9.66. The average Bonchev–Trinajstić information content (AvgIpc) is 2.89. The molecule has 28 heavy (non-hydrogen) atoms. The zero-order valence-corrected chi connectivity index (χ0v) is 19.0. The van der Waals surface area contributed by atoms with Crippen molar-refractivity contribution < 1.29 is 9.59 Å². The fourth-order valence-corrected chi connectivity index (χ4v) is 8.63. The summed E-state index contributed by atoms with van der Waals surface area (Å²) in [6.07, 6.45) is 6.48. The minimum absolute atomic E-state index is 0.135. The molecule has 9 atom stereocenters. The van der Waals surface area contributed by atoms with E-state index in [4.69, 9.17) is 0 Å². The number of nitrogens with zero attached hydrogens (tertiary/aromatic N) is 2. The molecule has 1 saturated heterocycles. The second-order valence-electron chi connectivity index (χ2n) is 11.5. The van der Waals surface area contributed by atoms with Gasteiger partial charge in [0.05, 0.1) is 0 Å². The molecule has 3 aliphatic carbocycles. The number of hydrogen-bond donors (Lipinski definition) is 0. The highest BCUT2D eigenvalue weighted by Crippen LogP contribution is 2.68. The first-order valence-electron chi connectivity index (χ1n) is 11.5. The second kappa shape index (κ2) is 6.47. The lowest BCUT2D eigenvalue weighted by molar-refractivity contribution is -0.169. The molecule has 0 bridgehead atoms. The van der Waals surface area contributed by atoms with Crippen LogP contribution >= 0.6 is 0 Å². The van der Waals surface area contributed by atoms with Gasteiger partial charge in [-0.05, 0) is 72.5 Å². The van der Waals surface area contributed by atoms with Crippen LogP contribution < -0.4 is 0 Å². The summed E-state index contributed by atoms with van der Waals surface area (Å²) >= 11 is 0. The van der Waals surface area contributed by atoms with Gasteiger partial charge in [-0.15, -0.1) is 0 Å². The van der Waals surface area contributed by atoms with Crippen molar-refractivity contribution in [2.24, 2.45) is 46.3 Å². The highest BCUT2D eigenvalue weighted by Gasteiger charge is 2.65. The van der Waals surface area contributed by atoms with Crippen LogP contribution in [0.4, 0.5) is 0 Å². The van der Waals surface area contributed by atoms with E-state index >= 15 is 0 Å². The molecule has 1 heterocycles. The van der Waals surface area contributed by atoms with E-state index in [-0.39, 0.29) is 16.7 Å². The maximum absolute atomic E-state index is 13.1. The minimum atomic E-state index is 0.135. The van der Waals surface area contributed by atoms with E-state index in [1.807, 2.05) is 26.0 Å². The number of carbonyl (C=O) groups is 2. The van der Waals surface area contributed by atoms with E-state index in [9.17, 15) is 9.59 Å². The summed E-state index contributed by atoms with van der Waals surface area (Å²) in [6, 6.07) is 0.396. The van der Waals surface area contributed by atoms with E-state index < -0.39 is 0 Å². The molecule has 0 N–H and O–H groups in total. The molecule has 0 radical (unpaired) electrons. The first kappa shape index (κ1) is 20.2. The smallest absolute Gasteiger partial charge is 0.225 e. The van der Waals surface area contributed by atoms with Crippen molar-refractivity contribution in [3.05, 3.63) is 0 Å². The molecule has 4 nitrogen and oxygen atoms in total. The van der Waals surface area contributed by atoms with Gasteiger partial charge in [0.1, 0.15) is 0 Å². The van der Waals surface area contributed by atoms with Crippen LogP contribution in [0.3, 0.4) is 0 Å². The topological polar surface area (TPSA) is 40.6 Å². The number of carbonyl (C=O) groups excluding carboxylic acids is 2. The Morgan fingerprint density at radius 3 is 2.36 bits per heavy atom. The Balaban J connectivity index is 1.69. The van der Waals surface area contributed by atoms with Crippen molar-refractivity contribution in [2.75, 3.05) is 21.1 Å². The number of rotatable bonds is 1. The molecule has 4 heteroatoms. The van der Waals surface area contributed by atoms with Gasteiger partial charge in [0.2, 0.25) is 11.8 Å². The maximum atomic E-state index is 13.1. The molecule has 1 aliphatic heterocycles. The highest BCUT2D eigenvalue weighted by molar-refractivity contribution is 5.80. The predicted molar refractivity (Wildman–Crippen MR) is 111 cm³/mol. The van der Waals surface area contributed by atoms with Crippen LogP contribution in [0.1, 0.15) is 66.2 Å². The molecule has 9 unspecified atom stereocenters. The lowest BCUT2D eigenvalue weighted by atomic mass is 9.44. The molecule has 4 aliphatic rings. The quantitative estimate of drug-likeness (QED) is 0.680. The summed E-state index contributed by atoms with van der Waals surface area (Å²) in [4.78, 5) is 29.4. The number of hydrogen-bond acceptors (Lipinski definition) is 2. The van der Waals surface area contributed by atoms with Crippen LogP contribution in [0.5, 0.6) is 0 Å². The Morgan fingerprint density at radius 1 is 1.04 bits per heavy atom. The summed E-state index contributed by atoms with van der Waals surface area (Å²) in [7, 11) is 5.87. The van der Waals surface area contributed by atoms with E-state index in [1.165, 1.54) is 19.3 Å². The van der Waals surface area contributed by atoms with Crippen molar-refractivity contribution in [1.82, 2.24) is 9.80 Å². The molecule has 158 valence electrons. The highest BCUT2D eigenvalue weighted by atomic mass is 16.2. The summed E-state index contributed by atoms with van der Waals surface area (Å²) in [5.74, 6) is 3.97. The standard InChI is InChI=1S/C24H40N2O2/c1-14-13-18-23(3,11-9-19(27)26(18)7)16-8-10-24(4)17(20(14)16)12-15(2)21(24)22(28)25(5)6/h14-18,20-21H,8-13H2,1-7H3. The monoisotopic (exact) mass is 388 g/mol. The van der Waals surface area contributed by atoms with Crippen molar-refractivity contribution in [3.63, 3.8) is 0 Å². The van der Waals surface area contributed by atoms with Gasteiger partial charge in [0.15, 0.2) is 0 Å². The predicted octanol–water partition coefficient (Wildman–Crippen LogP) is 4.05. The van der Waals surface area contributed by atoms with Crippen molar-refractivity contribution in [2.45, 2.75) is 72.3 Å². The SMILES string of the molecule is CC1CC2N(C)C(=O)CCC2(C)C2CCC3(C)C(CC(C)C3C(=O)N(C)C)C12. The maximum Gasteiger partial charge on any atom is 0.225 e. The van der Waals surface area contributed by atoms with Gasteiger partial charge in [0.25, 0.3) is 0 Å². The van der Waals surface area contributed by atoms with Crippen molar-refractivity contribution in [3.8, 4) is 0 Å². The van der Waals surface area contributed by atoms with Crippen LogP contribution in [-0.4, -0.2) is 48.8 Å². The van der Waals surface area contributed by atoms with E-state index in [1.54, 1.807) is 0 Å². The first-order chi connectivity index (χ1) is 13.0. The van der Waals surface area contributed by atoms with E-state index in [0.717, 1.165) is 12.8 Å². The lowest BCUT2D eigenvalue weighted by Gasteiger charge is -2.63. The molecule has 0 aromatic rings. The van der Waals surface area contributed by atoms with Crippen LogP contribution in [0, 0.1) is 46.3 Å². The molecular weight excluding hydrogens is 348 g/mol. The van der Waals surface area contributed by atoms with Gasteiger partial charge in [-0.2, -0.15) is 0 Å². The number of amides is 2. The van der Waals surface area contributed by atoms with Crippen LogP contribution in [0.2, 0.25) is 0 Å². The molecule has 2 amide bonds. The Morgan fingerprint density at radius 2 is 1.71 bits per heavy atom. The molecule has 0 aromatic heterocycles. The van der Waals surface area contributed by atoms with Gasteiger partial charge in [-0.1, -0.05) is 27.7 Å². The summed E-state index contributed by atoms with van der Waals surface area (Å²) < 4.78 is 0. The zero-order valence-electron chi connectivity index (χ0n) is 19.0. The van der Waals surface area contributed by atoms with E-state index in [2.05, 4.69) is 32.6 Å². The molecule has 0 aromatic carbocycles. The number of piperidine rings is 1. The zero-order chi connectivity index (χ0) is 20.6. The second-order valence-corrected chi connectivity index (χ2v) is 11.5. The van der Waals surface area contributed by atoms with Gasteiger partial charge >= 0.3 is 0 Å². The van der Waals surface area contributed by atoms with Crippen molar-refractivity contribution in [1.29, 1.82) is 0 Å².